The van der Waals surface area contributed by atoms with E-state index in [4.69, 9.17) is 13.9 Å². The number of halogens is 7. The van der Waals surface area contributed by atoms with Gasteiger partial charge >= 0.3 is 18.4 Å². The largest absolute Gasteiger partial charge is 0.484 e. The zero-order valence-corrected chi connectivity index (χ0v) is 17.3. The Kier molecular flexibility index (Phi) is 9.23. The third-order valence-corrected chi connectivity index (χ3v) is 3.79. The van der Waals surface area contributed by atoms with Gasteiger partial charge in [-0.15, -0.1) is 5.10 Å². The molecule has 0 bridgehead atoms. The van der Waals surface area contributed by atoms with Crippen LogP contribution in [0.25, 0.3) is 5.57 Å². The van der Waals surface area contributed by atoms with E-state index in [9.17, 15) is 35.5 Å². The molecular weight excluding hydrogens is 483 g/mol. The highest BCUT2D eigenvalue weighted by Gasteiger charge is 2.34. The number of nitrogens with one attached hydrogen (secondary N) is 1. The number of carbonyl (C=O) groups excluding carboxylic acids is 1. The van der Waals surface area contributed by atoms with E-state index >= 15 is 0 Å². The first-order valence-corrected chi connectivity index (χ1v) is 9.40. The number of alkyl halides is 6. The second-order valence-corrected chi connectivity index (χ2v) is 6.52. The molecule has 8 nitrogen and oxygen atoms in total. The molecule has 0 aliphatic carbocycles. The Balaban J connectivity index is 1.67. The molecule has 0 atom stereocenters. The van der Waals surface area contributed by atoms with Gasteiger partial charge in [-0.2, -0.15) is 26.3 Å². The van der Waals surface area contributed by atoms with Crippen LogP contribution in [0.4, 0.5) is 30.7 Å². The smallest absolute Gasteiger partial charge is 0.419 e. The van der Waals surface area contributed by atoms with Crippen LogP contribution in [0.3, 0.4) is 0 Å². The Labute approximate surface area is 187 Å². The lowest BCUT2D eigenvalue weighted by Gasteiger charge is -2.11. The van der Waals surface area contributed by atoms with Crippen molar-refractivity contribution in [2.75, 3.05) is 33.0 Å². The summed E-state index contributed by atoms with van der Waals surface area (Å²) in [5.74, 6) is -2.45. The first-order valence-electron chi connectivity index (χ1n) is 9.40. The molecule has 1 aromatic heterocycles. The number of hydrogen-bond donors (Lipinski definition) is 1. The van der Waals surface area contributed by atoms with Crippen LogP contribution in [0.1, 0.15) is 17.9 Å². The molecule has 0 saturated heterocycles. The van der Waals surface area contributed by atoms with Gasteiger partial charge in [0, 0.05) is 18.2 Å². The summed E-state index contributed by atoms with van der Waals surface area (Å²) in [6.45, 7) is 1.12. The van der Waals surface area contributed by atoms with Gasteiger partial charge in [-0.25, -0.2) is 4.39 Å². The van der Waals surface area contributed by atoms with E-state index in [-0.39, 0.29) is 43.9 Å². The minimum Gasteiger partial charge on any atom is -0.484 e. The first-order chi connectivity index (χ1) is 15.8. The molecule has 2 aromatic rings. The maximum Gasteiger partial charge on any atom is 0.419 e. The second kappa shape index (κ2) is 11.7. The van der Waals surface area contributed by atoms with Crippen LogP contribution in [-0.2, 0) is 15.7 Å². The average molecular weight is 501 g/mol. The Morgan fingerprint density at radius 1 is 1.09 bits per heavy atom. The van der Waals surface area contributed by atoms with Crippen LogP contribution in [0.5, 0.6) is 11.8 Å². The summed E-state index contributed by atoms with van der Waals surface area (Å²) in [5.41, 5.74) is -1.14. The van der Waals surface area contributed by atoms with Gasteiger partial charge in [0.1, 0.15) is 24.8 Å². The molecule has 188 valence electrons. The molecule has 0 aliphatic heterocycles. The number of aromatic nitrogens is 2. The third-order valence-electron chi connectivity index (χ3n) is 3.79. The van der Waals surface area contributed by atoms with Gasteiger partial charge in [-0.05, 0) is 18.6 Å². The predicted octanol–water partition coefficient (Wildman–Crippen LogP) is 3.78. The maximum absolute atomic E-state index is 13.5. The average Bonchev–Trinajstić information content (AvgIpc) is 3.19. The number of benzene rings is 1. The first kappa shape index (κ1) is 26.9. The number of hydrogen-bond acceptors (Lipinski definition) is 7. The van der Waals surface area contributed by atoms with E-state index in [0.29, 0.717) is 17.7 Å². The zero-order valence-electron chi connectivity index (χ0n) is 17.3. The molecule has 2 rings (SSSR count). The van der Waals surface area contributed by atoms with Crippen molar-refractivity contribution in [2.45, 2.75) is 18.8 Å². The van der Waals surface area contributed by atoms with Gasteiger partial charge in [0.2, 0.25) is 5.89 Å². The van der Waals surface area contributed by atoms with Gasteiger partial charge in [-0.1, -0.05) is 11.7 Å². The summed E-state index contributed by atoms with van der Waals surface area (Å²) in [5, 5.41) is 9.62. The lowest BCUT2D eigenvalue weighted by molar-refractivity contribution is -0.175. The fraction of sp³-hybridized carbons (Fsp3) is 0.421. The standard InChI is InChI=1S/C19H18F7N3O5/c1-11(16-28-29-17(34-16)32-7-6-31-10-18(21,22)23)4-5-27-15(30)9-33-12-2-3-13(14(20)8-12)19(24,25)26/h2-3,8H,1,4-7,9-10H2,(H,27,30). The highest BCUT2D eigenvalue weighted by Crippen LogP contribution is 2.32. The molecule has 0 fully saturated rings. The van der Waals surface area contributed by atoms with E-state index in [1.54, 1.807) is 0 Å². The predicted molar refractivity (Wildman–Crippen MR) is 100 cm³/mol. The van der Waals surface area contributed by atoms with Crippen LogP contribution in [0, 0.1) is 5.82 Å². The van der Waals surface area contributed by atoms with E-state index in [1.165, 1.54) is 0 Å². The number of ether oxygens (including phenoxy) is 3. The second-order valence-electron chi connectivity index (χ2n) is 6.52. The molecule has 1 amide bonds. The van der Waals surface area contributed by atoms with Crippen molar-refractivity contribution in [3.63, 3.8) is 0 Å². The van der Waals surface area contributed by atoms with Crippen LogP contribution in [0.2, 0.25) is 0 Å². The molecule has 1 aromatic carbocycles. The van der Waals surface area contributed by atoms with Gasteiger partial charge in [0.05, 0.1) is 12.2 Å². The van der Waals surface area contributed by atoms with Crippen LogP contribution < -0.4 is 14.8 Å². The summed E-state index contributed by atoms with van der Waals surface area (Å²) >= 11 is 0. The monoisotopic (exact) mass is 501 g/mol. The van der Waals surface area contributed by atoms with Crippen LogP contribution in [0.15, 0.2) is 29.2 Å². The Morgan fingerprint density at radius 3 is 2.47 bits per heavy atom. The lowest BCUT2D eigenvalue weighted by atomic mass is 10.2. The summed E-state index contributed by atoms with van der Waals surface area (Å²) in [7, 11) is 0. The third kappa shape index (κ3) is 9.25. The Bertz CT molecular complexity index is 976. The van der Waals surface area contributed by atoms with Gasteiger partial charge < -0.3 is 23.9 Å². The van der Waals surface area contributed by atoms with E-state index in [1.807, 2.05) is 0 Å². The number of nitrogens with zero attached hydrogens (tertiary/aromatic N) is 2. The van der Waals surface area contributed by atoms with Crippen molar-refractivity contribution in [3.8, 4) is 11.8 Å². The van der Waals surface area contributed by atoms with Crippen molar-refractivity contribution < 1.29 is 54.2 Å². The van der Waals surface area contributed by atoms with Crippen molar-refractivity contribution >= 4 is 11.5 Å². The minimum atomic E-state index is -4.85. The normalized spacial score (nSPS) is 11.9. The molecule has 0 saturated carbocycles. The van der Waals surface area contributed by atoms with E-state index < -0.39 is 42.9 Å². The van der Waals surface area contributed by atoms with Gasteiger partial charge in [0.25, 0.3) is 5.91 Å². The summed E-state index contributed by atoms with van der Waals surface area (Å²) in [4.78, 5) is 11.8. The highest BCUT2D eigenvalue weighted by molar-refractivity contribution is 5.77. The summed E-state index contributed by atoms with van der Waals surface area (Å²) < 4.78 is 106. The molecule has 0 unspecified atom stereocenters. The van der Waals surface area contributed by atoms with Gasteiger partial charge in [0.15, 0.2) is 6.61 Å². The van der Waals surface area contributed by atoms with Crippen molar-refractivity contribution in [1.82, 2.24) is 15.5 Å². The van der Waals surface area contributed by atoms with Crippen molar-refractivity contribution in [1.29, 1.82) is 0 Å². The fourth-order valence-electron chi connectivity index (χ4n) is 2.26. The van der Waals surface area contributed by atoms with E-state index in [0.717, 1.165) is 6.07 Å². The Morgan fingerprint density at radius 2 is 1.82 bits per heavy atom. The SMILES string of the molecule is C=C(CCNC(=O)COc1ccc(C(F)(F)F)c(F)c1)c1nnc(OCCOCC(F)(F)F)o1. The van der Waals surface area contributed by atoms with Crippen LogP contribution >= 0.6 is 0 Å². The number of rotatable bonds is 12. The van der Waals surface area contributed by atoms with Crippen molar-refractivity contribution in [2.24, 2.45) is 0 Å². The summed E-state index contributed by atoms with van der Waals surface area (Å²) in [6, 6.07) is 1.92. The van der Waals surface area contributed by atoms with E-state index in [2.05, 4.69) is 26.8 Å². The zero-order chi connectivity index (χ0) is 25.4. The molecule has 1 N–H and O–H groups in total. The fourth-order valence-corrected chi connectivity index (χ4v) is 2.26. The van der Waals surface area contributed by atoms with Gasteiger partial charge in [-0.3, -0.25) is 4.79 Å². The molecule has 1 heterocycles. The Hall–Kier alpha value is -3.36. The molecular formula is C19H18F7N3O5. The quantitative estimate of drug-likeness (QED) is 0.349. The maximum atomic E-state index is 13.5. The highest BCUT2D eigenvalue weighted by atomic mass is 19.4. The minimum absolute atomic E-state index is 0.0306. The summed E-state index contributed by atoms with van der Waals surface area (Å²) in [6.07, 6.45) is -9.46. The molecule has 34 heavy (non-hydrogen) atoms. The molecule has 0 spiro atoms. The molecule has 0 aliphatic rings. The van der Waals surface area contributed by atoms with Crippen molar-refractivity contribution in [3.05, 3.63) is 42.0 Å². The topological polar surface area (TPSA) is 95.7 Å². The number of amides is 1. The molecule has 15 heteroatoms. The number of carbonyl (C=O) groups is 1. The lowest BCUT2D eigenvalue weighted by Crippen LogP contribution is -2.29. The molecule has 0 radical (unpaired) electrons. The van der Waals surface area contributed by atoms with Crippen LogP contribution in [-0.4, -0.2) is 55.3 Å².